The molecule has 2 nitrogen and oxygen atoms in total. The van der Waals surface area contributed by atoms with Gasteiger partial charge in [-0.25, -0.2) is 4.98 Å². The lowest BCUT2D eigenvalue weighted by molar-refractivity contribution is 0.494. The van der Waals surface area contributed by atoms with Gasteiger partial charge in [-0.15, -0.1) is 11.3 Å². The van der Waals surface area contributed by atoms with Gasteiger partial charge in [0.15, 0.2) is 0 Å². The van der Waals surface area contributed by atoms with Gasteiger partial charge in [0.05, 0.1) is 5.01 Å². The van der Waals surface area contributed by atoms with Crippen molar-refractivity contribution in [2.75, 3.05) is 6.54 Å². The lowest BCUT2D eigenvalue weighted by atomic mass is 10.0. The monoisotopic (exact) mass is 294 g/mol. The van der Waals surface area contributed by atoms with E-state index in [-0.39, 0.29) is 0 Å². The summed E-state index contributed by atoms with van der Waals surface area (Å²) in [6, 6.07) is 8.46. The standard InChI is InChI=1S/C15H19ClN2S/c1-3-14(12-4-6-13(16)7-5-12)18-10-11(2)15-17-8-9-19-15/h4-9,11,14,18H,3,10H2,1-2H3. The molecule has 0 aliphatic heterocycles. The normalized spacial score (nSPS) is 14.3. The Morgan fingerprint density at radius 2 is 2.05 bits per heavy atom. The fourth-order valence-electron chi connectivity index (χ4n) is 2.08. The van der Waals surface area contributed by atoms with Crippen LogP contribution in [0.2, 0.25) is 5.02 Å². The van der Waals surface area contributed by atoms with Gasteiger partial charge in [-0.05, 0) is 24.1 Å². The van der Waals surface area contributed by atoms with Gasteiger partial charge in [0.1, 0.15) is 0 Å². The van der Waals surface area contributed by atoms with Crippen LogP contribution in [0.3, 0.4) is 0 Å². The first-order chi connectivity index (χ1) is 9.20. The second-order valence-corrected chi connectivity index (χ2v) is 6.05. The van der Waals surface area contributed by atoms with E-state index in [0.29, 0.717) is 12.0 Å². The molecule has 0 bridgehead atoms. The Labute approximate surface area is 123 Å². The smallest absolute Gasteiger partial charge is 0.0965 e. The maximum atomic E-state index is 5.93. The van der Waals surface area contributed by atoms with Crippen molar-refractivity contribution in [3.05, 3.63) is 51.4 Å². The van der Waals surface area contributed by atoms with E-state index >= 15 is 0 Å². The lowest BCUT2D eigenvalue weighted by Crippen LogP contribution is -2.25. The van der Waals surface area contributed by atoms with Gasteiger partial charge in [0, 0.05) is 35.1 Å². The fraction of sp³-hybridized carbons (Fsp3) is 0.400. The molecule has 2 atom stereocenters. The molecular weight excluding hydrogens is 276 g/mol. The number of nitrogens with one attached hydrogen (secondary N) is 1. The maximum absolute atomic E-state index is 5.93. The molecule has 0 spiro atoms. The van der Waals surface area contributed by atoms with Crippen molar-refractivity contribution < 1.29 is 0 Å². The largest absolute Gasteiger partial charge is 0.309 e. The van der Waals surface area contributed by atoms with Gasteiger partial charge in [0.2, 0.25) is 0 Å². The predicted octanol–water partition coefficient (Wildman–Crippen LogP) is 4.64. The Hall–Kier alpha value is -0.900. The van der Waals surface area contributed by atoms with Gasteiger partial charge in [-0.3, -0.25) is 0 Å². The number of benzene rings is 1. The molecule has 0 fully saturated rings. The third-order valence-corrected chi connectivity index (χ3v) is 4.48. The molecule has 0 radical (unpaired) electrons. The summed E-state index contributed by atoms with van der Waals surface area (Å²) in [6.45, 7) is 5.34. The highest BCUT2D eigenvalue weighted by Gasteiger charge is 2.12. The molecule has 0 amide bonds. The Morgan fingerprint density at radius 1 is 1.32 bits per heavy atom. The van der Waals surface area contributed by atoms with Crippen molar-refractivity contribution in [3.63, 3.8) is 0 Å². The Bertz CT molecular complexity index is 481. The van der Waals surface area contributed by atoms with Crippen LogP contribution in [0, 0.1) is 0 Å². The number of thiazole rings is 1. The summed E-state index contributed by atoms with van der Waals surface area (Å²) < 4.78 is 0. The number of halogens is 1. The minimum absolute atomic E-state index is 0.375. The van der Waals surface area contributed by atoms with E-state index in [9.17, 15) is 0 Å². The third-order valence-electron chi connectivity index (χ3n) is 3.22. The van der Waals surface area contributed by atoms with Crippen LogP contribution in [0.4, 0.5) is 0 Å². The van der Waals surface area contributed by atoms with Crippen molar-refractivity contribution in [2.24, 2.45) is 0 Å². The van der Waals surface area contributed by atoms with E-state index in [0.717, 1.165) is 18.0 Å². The molecule has 0 saturated heterocycles. The summed E-state index contributed by atoms with van der Waals surface area (Å²) in [5, 5.41) is 7.63. The molecule has 1 aromatic carbocycles. The molecule has 2 rings (SSSR count). The van der Waals surface area contributed by atoms with E-state index in [1.54, 1.807) is 11.3 Å². The molecule has 0 aliphatic carbocycles. The van der Waals surface area contributed by atoms with Crippen LogP contribution in [0.25, 0.3) is 0 Å². The van der Waals surface area contributed by atoms with Crippen molar-refractivity contribution in [1.82, 2.24) is 10.3 Å². The zero-order valence-electron chi connectivity index (χ0n) is 11.3. The number of rotatable bonds is 6. The molecule has 1 aromatic heterocycles. The minimum atomic E-state index is 0.375. The summed E-state index contributed by atoms with van der Waals surface area (Å²) in [5.74, 6) is 0.446. The quantitative estimate of drug-likeness (QED) is 0.839. The fourth-order valence-corrected chi connectivity index (χ4v) is 2.90. The number of hydrogen-bond acceptors (Lipinski definition) is 3. The molecular formula is C15H19ClN2S. The van der Waals surface area contributed by atoms with Gasteiger partial charge in [-0.1, -0.05) is 37.6 Å². The van der Waals surface area contributed by atoms with Crippen molar-refractivity contribution in [1.29, 1.82) is 0 Å². The molecule has 102 valence electrons. The Balaban J connectivity index is 1.94. The summed E-state index contributed by atoms with van der Waals surface area (Å²) in [7, 11) is 0. The molecule has 19 heavy (non-hydrogen) atoms. The van der Waals surface area contributed by atoms with Crippen LogP contribution < -0.4 is 5.32 Å². The Kier molecular flexibility index (Phi) is 5.37. The van der Waals surface area contributed by atoms with Crippen LogP contribution in [0.1, 0.15) is 42.8 Å². The summed E-state index contributed by atoms with van der Waals surface area (Å²) in [6.07, 6.45) is 2.93. The highest BCUT2D eigenvalue weighted by Crippen LogP contribution is 2.21. The van der Waals surface area contributed by atoms with Crippen LogP contribution in [0.15, 0.2) is 35.8 Å². The first-order valence-corrected chi connectivity index (χ1v) is 7.84. The Morgan fingerprint density at radius 3 is 2.63 bits per heavy atom. The highest BCUT2D eigenvalue weighted by atomic mass is 35.5. The number of nitrogens with zero attached hydrogens (tertiary/aromatic N) is 1. The summed E-state index contributed by atoms with van der Waals surface area (Å²) >= 11 is 7.65. The molecule has 1 N–H and O–H groups in total. The minimum Gasteiger partial charge on any atom is -0.309 e. The topological polar surface area (TPSA) is 24.9 Å². The maximum Gasteiger partial charge on any atom is 0.0965 e. The van der Waals surface area contributed by atoms with Crippen LogP contribution >= 0.6 is 22.9 Å². The molecule has 4 heteroatoms. The van der Waals surface area contributed by atoms with Crippen molar-refractivity contribution in [3.8, 4) is 0 Å². The molecule has 0 aliphatic rings. The molecule has 2 aromatic rings. The van der Waals surface area contributed by atoms with Crippen LogP contribution in [-0.4, -0.2) is 11.5 Å². The summed E-state index contributed by atoms with van der Waals surface area (Å²) in [5.41, 5.74) is 1.29. The summed E-state index contributed by atoms with van der Waals surface area (Å²) in [4.78, 5) is 4.37. The third kappa shape index (κ3) is 4.03. The van der Waals surface area contributed by atoms with E-state index in [4.69, 9.17) is 11.6 Å². The SMILES string of the molecule is CCC(NCC(C)c1nccs1)c1ccc(Cl)cc1. The lowest BCUT2D eigenvalue weighted by Gasteiger charge is -2.19. The second kappa shape index (κ2) is 7.04. The second-order valence-electron chi connectivity index (χ2n) is 4.69. The first-order valence-electron chi connectivity index (χ1n) is 6.59. The number of aromatic nitrogens is 1. The van der Waals surface area contributed by atoms with Crippen LogP contribution in [0.5, 0.6) is 0 Å². The highest BCUT2D eigenvalue weighted by molar-refractivity contribution is 7.09. The van der Waals surface area contributed by atoms with Gasteiger partial charge < -0.3 is 5.32 Å². The average molecular weight is 295 g/mol. The van der Waals surface area contributed by atoms with Gasteiger partial charge in [-0.2, -0.15) is 0 Å². The predicted molar refractivity (Wildman–Crippen MR) is 83.0 cm³/mol. The van der Waals surface area contributed by atoms with E-state index in [2.05, 4.69) is 36.3 Å². The zero-order valence-corrected chi connectivity index (χ0v) is 12.8. The van der Waals surface area contributed by atoms with Crippen LogP contribution in [-0.2, 0) is 0 Å². The van der Waals surface area contributed by atoms with E-state index in [1.165, 1.54) is 10.6 Å². The van der Waals surface area contributed by atoms with E-state index < -0.39 is 0 Å². The van der Waals surface area contributed by atoms with E-state index in [1.807, 2.05) is 23.7 Å². The van der Waals surface area contributed by atoms with Gasteiger partial charge >= 0.3 is 0 Å². The molecule has 1 heterocycles. The average Bonchev–Trinajstić information content (AvgIpc) is 2.95. The van der Waals surface area contributed by atoms with Gasteiger partial charge in [0.25, 0.3) is 0 Å². The molecule has 0 saturated carbocycles. The molecule has 2 unspecified atom stereocenters. The zero-order chi connectivity index (χ0) is 13.7. The number of hydrogen-bond donors (Lipinski definition) is 1. The van der Waals surface area contributed by atoms with Crippen molar-refractivity contribution >= 4 is 22.9 Å². The van der Waals surface area contributed by atoms with Crippen molar-refractivity contribution in [2.45, 2.75) is 32.2 Å². The first kappa shape index (κ1) is 14.5.